The number of alkyl halides is 1. The zero-order chi connectivity index (χ0) is 46.9. The van der Waals surface area contributed by atoms with E-state index in [1.54, 1.807) is 0 Å². The van der Waals surface area contributed by atoms with Crippen LogP contribution in [0.3, 0.4) is 0 Å². The standard InChI is InChI=1S/C66H56IN2/c1-4-47-67-60-33-19-53(20-34-60)57-27-41-64(42-28-57)69(63-39-25-56(26-40-63)52-17-15-49(16-18-52)48(2)3)66-45-31-59(32-46-66)58-29-43-65(44-30-58)68(61-35-21-54(22-36-61)50-11-7-5-8-12-50)62-37-23-55(24-38-62)51-13-9-6-10-14-51/h5-46,48H,4,47H2,1-3H3/q-1. The molecule has 10 rings (SSSR count). The summed E-state index contributed by atoms with van der Waals surface area (Å²) in [4.78, 5) is 4.71. The first-order valence-electron chi connectivity index (χ1n) is 24.1. The molecule has 0 fully saturated rings. The summed E-state index contributed by atoms with van der Waals surface area (Å²) in [6, 6.07) is 93.2. The molecule has 0 bridgehead atoms. The third-order valence-electron chi connectivity index (χ3n) is 12.8. The monoisotopic (exact) mass is 1000 g/mol. The molecule has 69 heavy (non-hydrogen) atoms. The van der Waals surface area contributed by atoms with E-state index in [1.165, 1.54) is 64.5 Å². The van der Waals surface area contributed by atoms with E-state index in [-0.39, 0.29) is 21.2 Å². The van der Waals surface area contributed by atoms with Crippen LogP contribution in [0.5, 0.6) is 0 Å². The van der Waals surface area contributed by atoms with E-state index in [0.717, 1.165) is 45.3 Å². The normalized spacial score (nSPS) is 11.2. The van der Waals surface area contributed by atoms with Gasteiger partial charge in [0, 0.05) is 17.1 Å². The molecule has 10 aromatic rings. The minimum absolute atomic E-state index is 0.0912. The maximum absolute atomic E-state index is 2.37. The van der Waals surface area contributed by atoms with Crippen molar-refractivity contribution in [3.63, 3.8) is 0 Å². The van der Waals surface area contributed by atoms with Gasteiger partial charge < -0.3 is 4.90 Å². The van der Waals surface area contributed by atoms with Gasteiger partial charge >= 0.3 is 173 Å². The second kappa shape index (κ2) is 21.2. The van der Waals surface area contributed by atoms with Crippen molar-refractivity contribution in [2.24, 2.45) is 0 Å². The molecule has 0 aliphatic carbocycles. The van der Waals surface area contributed by atoms with Gasteiger partial charge in [0.1, 0.15) is 0 Å². The average molecular weight is 1000 g/mol. The molecule has 0 atom stereocenters. The van der Waals surface area contributed by atoms with Crippen LogP contribution in [0.15, 0.2) is 255 Å². The number of anilines is 6. The average Bonchev–Trinajstić information content (AvgIpc) is 3.42. The predicted molar refractivity (Wildman–Crippen MR) is 291 cm³/mol. The summed E-state index contributed by atoms with van der Waals surface area (Å²) in [5, 5.41) is 0. The molecule has 0 amide bonds. The van der Waals surface area contributed by atoms with Crippen LogP contribution in [0, 0.1) is 3.57 Å². The summed E-state index contributed by atoms with van der Waals surface area (Å²) in [5.74, 6) is 0.507. The summed E-state index contributed by atoms with van der Waals surface area (Å²) in [5.41, 5.74) is 20.0. The Morgan fingerprint density at radius 3 is 0.768 bits per heavy atom. The first-order chi connectivity index (χ1) is 34.0. The Bertz CT molecular complexity index is 3100. The van der Waals surface area contributed by atoms with E-state index < -0.39 is 0 Å². The van der Waals surface area contributed by atoms with Crippen molar-refractivity contribution in [3.05, 3.63) is 264 Å². The summed E-state index contributed by atoms with van der Waals surface area (Å²) in [6.45, 7) is 6.76. The van der Waals surface area contributed by atoms with Crippen LogP contribution in [-0.2, 0) is 0 Å². The van der Waals surface area contributed by atoms with Gasteiger partial charge in [-0.3, -0.25) is 0 Å². The Labute approximate surface area is 419 Å². The predicted octanol–water partition coefficient (Wildman–Crippen LogP) is 15.8. The van der Waals surface area contributed by atoms with Gasteiger partial charge in [-0.05, 0) is 92.4 Å². The maximum atomic E-state index is 2.37. The Morgan fingerprint density at radius 2 is 0.522 bits per heavy atom. The fraction of sp³-hybridized carbons (Fsp3) is 0.0909. The summed E-state index contributed by atoms with van der Waals surface area (Å²) >= 11 is 0.0912. The number of nitrogens with zero attached hydrogens (tertiary/aromatic N) is 2. The molecule has 0 aromatic heterocycles. The molecule has 0 saturated carbocycles. The number of rotatable bonds is 15. The van der Waals surface area contributed by atoms with Crippen molar-refractivity contribution in [1.82, 2.24) is 0 Å². The van der Waals surface area contributed by atoms with Gasteiger partial charge in [0.05, 0.1) is 0 Å². The van der Waals surface area contributed by atoms with Crippen LogP contribution in [-0.4, -0.2) is 4.43 Å². The molecule has 0 aliphatic rings. The molecule has 10 aromatic carbocycles. The molecule has 0 N–H and O–H groups in total. The van der Waals surface area contributed by atoms with Gasteiger partial charge in [-0.1, -0.05) is 135 Å². The fourth-order valence-corrected chi connectivity index (χ4v) is 11.0. The second-order valence-electron chi connectivity index (χ2n) is 17.8. The summed E-state index contributed by atoms with van der Waals surface area (Å²) in [7, 11) is 0. The Morgan fingerprint density at radius 1 is 0.290 bits per heavy atom. The zero-order valence-corrected chi connectivity index (χ0v) is 41.7. The van der Waals surface area contributed by atoms with Crippen LogP contribution < -0.4 is 31.0 Å². The van der Waals surface area contributed by atoms with Crippen molar-refractivity contribution in [3.8, 4) is 55.6 Å². The number of halogens is 1. The van der Waals surface area contributed by atoms with Crippen molar-refractivity contribution in [2.75, 3.05) is 14.2 Å². The van der Waals surface area contributed by atoms with E-state index in [9.17, 15) is 0 Å². The van der Waals surface area contributed by atoms with Crippen LogP contribution >= 0.6 is 0 Å². The van der Waals surface area contributed by atoms with Crippen LogP contribution in [0.1, 0.15) is 38.7 Å². The Hall–Kier alpha value is -7.47. The Balaban J connectivity index is 0.948. The molecule has 3 heteroatoms. The number of hydrogen-bond acceptors (Lipinski definition) is 2. The van der Waals surface area contributed by atoms with E-state index in [1.807, 2.05) is 0 Å². The molecule has 0 saturated heterocycles. The molecule has 0 unspecified atom stereocenters. The van der Waals surface area contributed by atoms with Gasteiger partial charge in [0.2, 0.25) is 0 Å². The van der Waals surface area contributed by atoms with Crippen molar-refractivity contribution in [1.29, 1.82) is 0 Å². The first-order valence-corrected chi connectivity index (χ1v) is 26.7. The summed E-state index contributed by atoms with van der Waals surface area (Å²) in [6.07, 6.45) is 1.26. The number of benzene rings is 10. The van der Waals surface area contributed by atoms with Gasteiger partial charge in [-0.2, -0.15) is 0 Å². The van der Waals surface area contributed by atoms with E-state index in [2.05, 4.69) is 285 Å². The molecule has 0 spiro atoms. The Kier molecular flexibility index (Phi) is 13.9. The van der Waals surface area contributed by atoms with E-state index in [0.29, 0.717) is 5.92 Å². The fourth-order valence-electron chi connectivity index (χ4n) is 8.97. The van der Waals surface area contributed by atoms with E-state index >= 15 is 0 Å². The quantitative estimate of drug-likeness (QED) is 0.0746. The van der Waals surface area contributed by atoms with Gasteiger partial charge in [0.15, 0.2) is 0 Å². The van der Waals surface area contributed by atoms with E-state index in [4.69, 9.17) is 0 Å². The topological polar surface area (TPSA) is 6.48 Å². The second-order valence-corrected chi connectivity index (χ2v) is 20.9. The van der Waals surface area contributed by atoms with Gasteiger partial charge in [-0.15, -0.1) is 0 Å². The third kappa shape index (κ3) is 10.5. The van der Waals surface area contributed by atoms with Crippen LogP contribution in [0.4, 0.5) is 34.1 Å². The van der Waals surface area contributed by atoms with Gasteiger partial charge in [-0.25, -0.2) is 0 Å². The van der Waals surface area contributed by atoms with Crippen LogP contribution in [0.25, 0.3) is 55.6 Å². The SMILES string of the molecule is CCC[I-]c1ccc(-c2ccc(N(c3ccc(-c4ccc(C(C)C)cc4)cc3)c3ccc(-c4ccc(N(c5ccc(-c6ccccc6)cc5)c5ccc(-c6ccccc6)cc5)cc4)cc3)cc2)cc1. The zero-order valence-electron chi connectivity index (χ0n) is 39.5. The van der Waals surface area contributed by atoms with Crippen molar-refractivity contribution < 1.29 is 21.2 Å². The third-order valence-corrected chi connectivity index (χ3v) is 16.0. The van der Waals surface area contributed by atoms with Crippen molar-refractivity contribution >= 4 is 34.1 Å². The summed E-state index contributed by atoms with van der Waals surface area (Å²) < 4.78 is 2.84. The molecule has 0 aliphatic heterocycles. The molecular weight excluding hydrogens is 948 g/mol. The minimum atomic E-state index is 0.0912. The molecule has 338 valence electrons. The molecule has 0 heterocycles. The molecular formula is C66H56IN2-. The number of hydrogen-bond donors (Lipinski definition) is 0. The first kappa shape index (κ1) is 45.3. The molecule has 0 radical (unpaired) electrons. The van der Waals surface area contributed by atoms with Gasteiger partial charge in [0.25, 0.3) is 0 Å². The van der Waals surface area contributed by atoms with Crippen molar-refractivity contribution in [2.45, 2.75) is 33.1 Å². The molecule has 2 nitrogen and oxygen atoms in total. The van der Waals surface area contributed by atoms with Crippen LogP contribution in [0.2, 0.25) is 0 Å².